The van der Waals surface area contributed by atoms with E-state index in [0.29, 0.717) is 0 Å². The molecule has 0 rings (SSSR count). The molecule has 0 radical (unpaired) electrons. The second-order valence-corrected chi connectivity index (χ2v) is 0.571. The van der Waals surface area contributed by atoms with Gasteiger partial charge in [0.25, 0.3) is 5.97 Å². The normalized spacial score (nSPS) is 4.62. The number of hydrogen-bond acceptors (Lipinski definition) is 1. The fourth-order valence-corrected chi connectivity index (χ4v) is 0. The predicted molar refractivity (Wildman–Crippen MR) is 28.5 cm³/mol. The molecule has 4 nitrogen and oxygen atoms in total. The van der Waals surface area contributed by atoms with Gasteiger partial charge in [0.2, 0.25) is 0 Å². The Morgan fingerprint density at radius 2 is 1.75 bits per heavy atom. The van der Waals surface area contributed by atoms with E-state index in [1.165, 1.54) is 0 Å². The number of carboxylic acids is 1. The Kier molecular flexibility index (Phi) is 48.0. The smallest absolute Gasteiger partial charge is 0.693 e. The van der Waals surface area contributed by atoms with Gasteiger partial charge in [0.15, 0.2) is 0 Å². The zero-order valence-electron chi connectivity index (χ0n) is 4.47. The second-order valence-electron chi connectivity index (χ2n) is 0.571. The Labute approximate surface area is 62.4 Å². The number of nitrogens with two attached hydrogens (primary N) is 1. The van der Waals surface area contributed by atoms with Gasteiger partial charge in [0.05, 0.1) is 0 Å². The molecule has 0 fully saturated rings. The number of carbonyl (C=O) groups is 1. The standard InChI is InChI=1S/C2H4NO2.CH3.Ir.H2N/c3-1-2(4)5;;;/h3H,1H2,(H,4,5);1H3;;1H2/q2*-1;+3;-1. The summed E-state index contributed by atoms with van der Waals surface area (Å²) in [5, 5.41) is 7.53. The van der Waals surface area contributed by atoms with Crippen molar-refractivity contribution < 1.29 is 30.0 Å². The molecular weight excluding hydrogens is 288 g/mol. The molecule has 0 aliphatic heterocycles. The SMILES string of the molecule is [CH3-].[Ir+3].[NH-]CC(=O)O.[NH2-]. The van der Waals surface area contributed by atoms with Crippen LogP contribution < -0.4 is 0 Å². The third-order valence-electron chi connectivity index (χ3n) is 0.151. The number of aliphatic carboxylic acids is 1. The molecule has 0 bridgehead atoms. The number of hydrogen-bond donors (Lipinski definition) is 1. The molecule has 0 spiro atoms. The van der Waals surface area contributed by atoms with Crippen LogP contribution in [0.4, 0.5) is 0 Å². The first-order valence-corrected chi connectivity index (χ1v) is 1.13. The Morgan fingerprint density at radius 3 is 1.75 bits per heavy atom. The van der Waals surface area contributed by atoms with E-state index in [1.807, 2.05) is 0 Å². The molecule has 0 aromatic rings. The third-order valence-corrected chi connectivity index (χ3v) is 0.151. The number of carboxylic acid groups (broad SMARTS) is 1. The summed E-state index contributed by atoms with van der Waals surface area (Å²) in [5.41, 5.74) is 6.06. The molecule has 52 valence electrons. The molecule has 5 heteroatoms. The van der Waals surface area contributed by atoms with Gasteiger partial charge in [-0.15, -0.1) is 0 Å². The van der Waals surface area contributed by atoms with Gasteiger partial charge in [-0.1, -0.05) is 6.54 Å². The van der Waals surface area contributed by atoms with Crippen molar-refractivity contribution in [3.8, 4) is 0 Å². The van der Waals surface area contributed by atoms with Crippen molar-refractivity contribution in [1.82, 2.24) is 0 Å². The molecule has 0 atom stereocenters. The quantitative estimate of drug-likeness (QED) is 0.738. The summed E-state index contributed by atoms with van der Waals surface area (Å²) in [6, 6.07) is 0. The van der Waals surface area contributed by atoms with Crippen LogP contribution in [0, 0.1) is 7.43 Å². The predicted octanol–water partition coefficient (Wildman–Crippen LogP) is 1.29. The molecule has 0 unspecified atom stereocenters. The summed E-state index contributed by atoms with van der Waals surface area (Å²) in [7, 11) is 0. The molecule has 4 N–H and O–H groups in total. The van der Waals surface area contributed by atoms with Crippen LogP contribution in [-0.2, 0) is 24.9 Å². The summed E-state index contributed by atoms with van der Waals surface area (Å²) in [6.07, 6.45) is 0. The van der Waals surface area contributed by atoms with Gasteiger partial charge in [-0.05, 0) is 0 Å². The van der Waals surface area contributed by atoms with Crippen molar-refractivity contribution in [1.29, 1.82) is 0 Å². The molecule has 0 aromatic carbocycles. The second kappa shape index (κ2) is 15.7. The first-order chi connectivity index (χ1) is 2.27. The van der Waals surface area contributed by atoms with Gasteiger partial charge in [-0.2, -0.15) is 0 Å². The van der Waals surface area contributed by atoms with Crippen LogP contribution in [0.25, 0.3) is 11.9 Å². The molecule has 0 aliphatic carbocycles. The average molecular weight is 297 g/mol. The molecule has 0 aliphatic rings. The first-order valence-electron chi connectivity index (χ1n) is 1.13. The zero-order valence-corrected chi connectivity index (χ0v) is 6.87. The van der Waals surface area contributed by atoms with Crippen LogP contribution in [0.15, 0.2) is 0 Å². The minimum Gasteiger partial charge on any atom is -0.693 e. The largest absolute Gasteiger partial charge is 3.00 e. The van der Waals surface area contributed by atoms with Crippen LogP contribution in [0.2, 0.25) is 0 Å². The van der Waals surface area contributed by atoms with E-state index >= 15 is 0 Å². The van der Waals surface area contributed by atoms with Gasteiger partial charge >= 0.3 is 20.1 Å². The average Bonchev–Trinajstić information content (AvgIpc) is 1.38. The van der Waals surface area contributed by atoms with Crippen molar-refractivity contribution in [2.45, 2.75) is 0 Å². The molecule has 0 saturated heterocycles. The molecule has 8 heavy (non-hydrogen) atoms. The van der Waals surface area contributed by atoms with E-state index in [4.69, 9.17) is 10.8 Å². The molecule has 0 aromatic heterocycles. The van der Waals surface area contributed by atoms with E-state index < -0.39 is 12.5 Å². The van der Waals surface area contributed by atoms with E-state index in [2.05, 4.69) is 0 Å². The maximum absolute atomic E-state index is 9.18. The first kappa shape index (κ1) is 24.4. The van der Waals surface area contributed by atoms with Crippen LogP contribution in [0.5, 0.6) is 0 Å². The van der Waals surface area contributed by atoms with Crippen molar-refractivity contribution in [3.05, 3.63) is 19.3 Å². The Bertz CT molecular complexity index is 50.5. The summed E-state index contributed by atoms with van der Waals surface area (Å²) >= 11 is 0. The Morgan fingerprint density at radius 1 is 1.62 bits per heavy atom. The van der Waals surface area contributed by atoms with Crippen LogP contribution in [0.3, 0.4) is 0 Å². The third kappa shape index (κ3) is 36.9. The van der Waals surface area contributed by atoms with Crippen LogP contribution in [-0.4, -0.2) is 17.6 Å². The maximum Gasteiger partial charge on any atom is 3.00 e. The fourth-order valence-electron chi connectivity index (χ4n) is 0. The van der Waals surface area contributed by atoms with E-state index in [9.17, 15) is 4.79 Å². The topological polar surface area (TPSA) is 94.6 Å². The van der Waals surface area contributed by atoms with Gasteiger partial charge in [-0.3, -0.25) is 4.79 Å². The van der Waals surface area contributed by atoms with E-state index in [1.54, 1.807) is 0 Å². The Hall–Kier alpha value is 0.0394. The summed E-state index contributed by atoms with van der Waals surface area (Å²) in [6.45, 7) is -0.528. The summed E-state index contributed by atoms with van der Waals surface area (Å²) in [4.78, 5) is 9.18. The molecule has 0 amide bonds. The van der Waals surface area contributed by atoms with Gasteiger partial charge in [0.1, 0.15) is 0 Å². The molecule has 0 heterocycles. The van der Waals surface area contributed by atoms with Crippen LogP contribution in [0.1, 0.15) is 0 Å². The number of rotatable bonds is 1. The molecule has 0 saturated carbocycles. The van der Waals surface area contributed by atoms with Crippen molar-refractivity contribution >= 4 is 5.97 Å². The van der Waals surface area contributed by atoms with E-state index in [0.717, 1.165) is 0 Å². The molecular formula is C3H9IrN2O2. The summed E-state index contributed by atoms with van der Waals surface area (Å²) in [5.74, 6) is -1.08. The fraction of sp³-hybridized carbons (Fsp3) is 0.333. The Balaban J connectivity index is -0.0000000267. The maximum atomic E-state index is 9.18. The van der Waals surface area contributed by atoms with Crippen molar-refractivity contribution in [2.24, 2.45) is 0 Å². The van der Waals surface area contributed by atoms with Gasteiger partial charge in [0, 0.05) is 0 Å². The summed E-state index contributed by atoms with van der Waals surface area (Å²) < 4.78 is 0. The van der Waals surface area contributed by atoms with E-state index in [-0.39, 0.29) is 33.7 Å². The minimum atomic E-state index is -1.08. The monoisotopic (exact) mass is 298 g/mol. The van der Waals surface area contributed by atoms with Crippen molar-refractivity contribution in [3.63, 3.8) is 0 Å². The van der Waals surface area contributed by atoms with Crippen molar-refractivity contribution in [2.75, 3.05) is 6.54 Å². The zero-order chi connectivity index (χ0) is 4.28. The van der Waals surface area contributed by atoms with Gasteiger partial charge < -0.3 is 24.4 Å². The van der Waals surface area contributed by atoms with Crippen LogP contribution >= 0.6 is 0 Å². The minimum absolute atomic E-state index is 0. The van der Waals surface area contributed by atoms with Gasteiger partial charge in [-0.25, -0.2) is 0 Å². The number of nitrogens with one attached hydrogen (secondary N) is 1.